The molecule has 0 radical (unpaired) electrons. The Hall–Kier alpha value is -11.0. The van der Waals surface area contributed by atoms with Crippen molar-refractivity contribution in [3.8, 4) is 51.3 Å². The molecule has 0 saturated carbocycles. The average Bonchev–Trinajstić information content (AvgIpc) is 0.780. The first kappa shape index (κ1) is 124. The lowest BCUT2D eigenvalue weighted by Crippen LogP contribution is -2.46. The van der Waals surface area contributed by atoms with Gasteiger partial charge in [0.15, 0.2) is 17.3 Å². The third-order valence-corrected chi connectivity index (χ3v) is 25.4. The van der Waals surface area contributed by atoms with Crippen LogP contribution in [-0.4, -0.2) is 212 Å². The van der Waals surface area contributed by atoms with Crippen LogP contribution in [0.2, 0.25) is 0 Å². The first-order valence-corrected chi connectivity index (χ1v) is 53.4. The molecular formula is C113H175N11O21. The number of Topliss-reactive ketones (excluding diaryl/α,β-unsaturated/α-hetero) is 5. The fourth-order valence-corrected chi connectivity index (χ4v) is 17.7. The van der Waals surface area contributed by atoms with Crippen LogP contribution in [0, 0.1) is 40.9 Å². The van der Waals surface area contributed by atoms with E-state index in [2.05, 4.69) is 41.2 Å². The van der Waals surface area contributed by atoms with Crippen LogP contribution in [-0.2, 0) is 75.0 Å². The number of benzene rings is 4. The highest BCUT2D eigenvalue weighted by molar-refractivity contribution is 5.98. The number of nitriles is 1. The number of carboxylic acids is 1. The van der Waals surface area contributed by atoms with Crippen LogP contribution >= 0.6 is 0 Å². The van der Waals surface area contributed by atoms with Crippen LogP contribution in [0.1, 0.15) is 350 Å². The first-order chi connectivity index (χ1) is 68.9. The van der Waals surface area contributed by atoms with Gasteiger partial charge in [-0.2, -0.15) is 5.26 Å². The number of ether oxygens (including phenoxy) is 7. The molecule has 32 heteroatoms. The fourth-order valence-electron chi connectivity index (χ4n) is 17.7. The van der Waals surface area contributed by atoms with Crippen molar-refractivity contribution in [3.05, 3.63) is 95.1 Å². The molecule has 0 spiro atoms. The van der Waals surface area contributed by atoms with E-state index in [-0.39, 0.29) is 139 Å². The molecule has 145 heavy (non-hydrogen) atoms. The van der Waals surface area contributed by atoms with E-state index in [0.717, 1.165) is 51.4 Å². The van der Waals surface area contributed by atoms with Crippen LogP contribution < -0.4 is 57.4 Å². The number of ketones is 5. The van der Waals surface area contributed by atoms with Gasteiger partial charge in [-0.25, -0.2) is 19.2 Å². The molecule has 6 rings (SSSR count). The van der Waals surface area contributed by atoms with Gasteiger partial charge in [-0.15, -0.1) is 0 Å². The first-order valence-electron chi connectivity index (χ1n) is 53.4. The number of rotatable bonds is 58. The van der Waals surface area contributed by atoms with Gasteiger partial charge < -0.3 is 91.4 Å². The molecule has 7 amide bonds. The lowest BCUT2D eigenvalue weighted by atomic mass is 9.87. The number of nitrogens with one attached hydrogen (secondary N) is 4. The number of nitrogens with zero attached hydrogens (tertiary/aromatic N) is 4. The maximum Gasteiger partial charge on any atom is 0.410 e. The minimum atomic E-state index is -1.38. The van der Waals surface area contributed by atoms with Crippen molar-refractivity contribution >= 4 is 76.8 Å². The van der Waals surface area contributed by atoms with Gasteiger partial charge in [0.25, 0.3) is 0 Å². The molecule has 0 saturated heterocycles. The summed E-state index contributed by atoms with van der Waals surface area (Å²) in [6.07, 6.45) is 22.7. The number of carbonyl (C=O) groups excluding carboxylic acids is 12. The number of hydrogen-bond acceptors (Lipinski definition) is 24. The number of carboxylic acid groups (broad SMARTS) is 1. The highest BCUT2D eigenvalue weighted by Crippen LogP contribution is 2.44. The van der Waals surface area contributed by atoms with E-state index in [4.69, 9.17) is 50.4 Å². The predicted molar refractivity (Wildman–Crippen MR) is 564 cm³/mol. The molecule has 4 aromatic carbocycles. The minimum absolute atomic E-state index is 0.00403. The molecule has 8 bridgehead atoms. The second-order valence-corrected chi connectivity index (χ2v) is 42.1. The van der Waals surface area contributed by atoms with Gasteiger partial charge in [-0.05, 0) is 198 Å². The third-order valence-electron chi connectivity index (χ3n) is 25.4. The molecule has 0 aromatic heterocycles. The molecule has 32 nitrogen and oxygen atoms in total. The van der Waals surface area contributed by atoms with Gasteiger partial charge in [-0.3, -0.25) is 43.2 Å². The predicted octanol–water partition coefficient (Wildman–Crippen LogP) is 19.0. The molecule has 0 fully saturated rings. The zero-order chi connectivity index (χ0) is 107. The normalized spacial score (nSPS) is 16.7. The van der Waals surface area contributed by atoms with E-state index in [1.54, 1.807) is 149 Å². The molecule has 2 heterocycles. The van der Waals surface area contributed by atoms with Crippen LogP contribution in [0.5, 0.6) is 23.0 Å². The molecule has 808 valence electrons. The lowest BCUT2D eigenvalue weighted by Gasteiger charge is -2.32. The minimum Gasteiger partial charge on any atom is -0.493 e. The topological polar surface area (TPSA) is 466 Å². The second-order valence-electron chi connectivity index (χ2n) is 42.1. The van der Waals surface area contributed by atoms with Gasteiger partial charge in [-0.1, -0.05) is 181 Å². The standard InChI is InChI=1S/C62H97N5O14.C51H78N6O7/c1-14-16-17-18-19-20-21-24-33-67(59(76)81-62(10,11)12)34-30-46(68)40-45(25-22-23-31-63-57(74)79-60(4,5)6)55(71)66(13)53-44-27-29-52(77-35-15-2)48(41-44)47-38-43(39-49(56(72)73)65-54(70)42(3)37-50(53)69)26-28-51(47)78-36-32-64-58(75)80-61(7,8)9;1-5-6-7-8-9-10-11-12-13-14-15-19-41(58)33-40(18-16-17-24-52)51(62)57(4)49-39-21-23-48(64-28-26-54)43(34-39)42-31-38(20-22-47(42)63-27-25-53)32-44(45(59)29-36(2)35-55)56-50(61)37(3)30-46(49)60/h26-29,38,41-42,45,49,53H,14-25,30-37,39-40H2,1-13H3,(H,63,74)(H,64,75)(H,65,70)(H,72,73);20-23,31,34,36-37,40,44,49H,5-19,24-30,32-33,52-54H2,1-4H3,(H,56,61)/t42-,45-,49+,53+;36?,37-,40-,44+,49+/m11/s1. The maximum atomic E-state index is 15.3. The van der Waals surface area contributed by atoms with E-state index in [1.165, 1.54) is 94.4 Å². The van der Waals surface area contributed by atoms with Gasteiger partial charge in [0.2, 0.25) is 23.6 Å². The maximum absolute atomic E-state index is 15.3. The average molecular weight is 2020 g/mol. The highest BCUT2D eigenvalue weighted by Gasteiger charge is 2.40. The number of nitrogens with two attached hydrogens (primary N) is 3. The van der Waals surface area contributed by atoms with Crippen molar-refractivity contribution in [2.75, 3.05) is 86.3 Å². The molecule has 4 aromatic rings. The van der Waals surface area contributed by atoms with Crippen molar-refractivity contribution in [2.45, 2.75) is 370 Å². The summed E-state index contributed by atoms with van der Waals surface area (Å²) in [7, 11) is 3.08. The number of unbranched alkanes of at least 4 members (excludes halogenated alkanes) is 19. The van der Waals surface area contributed by atoms with Crippen LogP contribution in [0.3, 0.4) is 0 Å². The zero-order valence-corrected chi connectivity index (χ0v) is 90.3. The summed E-state index contributed by atoms with van der Waals surface area (Å²) in [5, 5.41) is 30.8. The van der Waals surface area contributed by atoms with Gasteiger partial charge in [0.1, 0.15) is 89.3 Å². The molecular weight excluding hydrogens is 1850 g/mol. The van der Waals surface area contributed by atoms with Crippen LogP contribution in [0.4, 0.5) is 14.4 Å². The van der Waals surface area contributed by atoms with E-state index in [1.807, 2.05) is 19.1 Å². The van der Waals surface area contributed by atoms with E-state index in [0.29, 0.717) is 132 Å². The molecule has 2 aliphatic heterocycles. The summed E-state index contributed by atoms with van der Waals surface area (Å²) in [6.45, 7) is 29.5. The number of alkyl carbamates (subject to hydrolysis) is 2. The van der Waals surface area contributed by atoms with Crippen LogP contribution in [0.15, 0.2) is 72.8 Å². The monoisotopic (exact) mass is 2020 g/mol. The van der Waals surface area contributed by atoms with Crippen LogP contribution in [0.25, 0.3) is 22.3 Å². The van der Waals surface area contributed by atoms with Crippen molar-refractivity contribution in [1.29, 1.82) is 5.26 Å². The third kappa shape index (κ3) is 46.3. The summed E-state index contributed by atoms with van der Waals surface area (Å²) in [6, 6.07) is 18.2. The summed E-state index contributed by atoms with van der Waals surface area (Å²) >= 11 is 0. The quantitative estimate of drug-likeness (QED) is 0.0150. The fraction of sp³-hybridized carbons (Fsp3) is 0.664. The number of amides is 7. The summed E-state index contributed by atoms with van der Waals surface area (Å²) in [5.74, 6) is -7.21. The van der Waals surface area contributed by atoms with Crippen molar-refractivity contribution < 1.29 is 101 Å². The highest BCUT2D eigenvalue weighted by atomic mass is 16.6. The van der Waals surface area contributed by atoms with Gasteiger partial charge in [0.05, 0.1) is 31.2 Å². The number of hydrogen-bond donors (Lipinski definition) is 8. The Morgan fingerprint density at radius 2 is 0.841 bits per heavy atom. The van der Waals surface area contributed by atoms with E-state index < -0.39 is 118 Å². The van der Waals surface area contributed by atoms with Gasteiger partial charge >= 0.3 is 24.2 Å². The number of carbonyl (C=O) groups is 13. The number of likely N-dealkylation sites (N-methyl/N-ethyl adjacent to an activating group) is 2. The Labute approximate surface area is 863 Å². The number of fused-ring (bicyclic) bond motifs is 10. The Morgan fingerprint density at radius 1 is 0.448 bits per heavy atom. The Balaban J connectivity index is 0.000000524. The van der Waals surface area contributed by atoms with Crippen molar-refractivity contribution in [3.63, 3.8) is 0 Å². The lowest BCUT2D eigenvalue weighted by molar-refractivity contribution is -0.144. The molecule has 2 aliphatic rings. The molecule has 1 unspecified atom stereocenters. The summed E-state index contributed by atoms with van der Waals surface area (Å²) < 4.78 is 41.5. The van der Waals surface area contributed by atoms with Crippen molar-refractivity contribution in [2.24, 2.45) is 46.8 Å². The second kappa shape index (κ2) is 65.5. The molecule has 0 aliphatic carbocycles. The smallest absolute Gasteiger partial charge is 0.410 e. The Kier molecular flexibility index (Phi) is 56.2. The largest absolute Gasteiger partial charge is 0.493 e. The SMILES string of the molecule is CCCCCCCCCCCCCC(=O)C[C@@H](CCCCN)C(=O)N(C)[C@@H]1C(=O)C[C@@H](C)C(=O)N[C@H](C(=O)CC(C)C#N)Cc2ccc(OCCN)c(c2)-c2cc1ccc2OCCN.CCCCCCCCCCN(CCC(=O)C[C@@H](CCCCNC(=O)OC(C)(C)C)C(=O)N(C)[C@@H]1C(=O)C[C@@H](C)C(=O)N[C@H](C(=O)O)Cc2ccc(OCCNC(=O)OC(C)(C)C)c(c2)-c2cc1ccc2OCCC)C(=O)OC(C)(C)C. The summed E-state index contributed by atoms with van der Waals surface area (Å²) in [4.78, 5) is 184. The molecule has 11 N–H and O–H groups in total. The summed E-state index contributed by atoms with van der Waals surface area (Å²) in [5.41, 5.74) is 19.5. The van der Waals surface area contributed by atoms with Crippen molar-refractivity contribution in [1.82, 2.24) is 36.0 Å². The zero-order valence-electron chi connectivity index (χ0n) is 90.3. The number of aliphatic carboxylic acids is 1. The Morgan fingerprint density at radius 3 is 1.27 bits per heavy atom. The van der Waals surface area contributed by atoms with Gasteiger partial charge in [0, 0.05) is 144 Å². The van der Waals surface area contributed by atoms with E-state index >= 15 is 4.79 Å². The Bertz CT molecular complexity index is 4800. The molecule has 9 atom stereocenters. The van der Waals surface area contributed by atoms with E-state index in [9.17, 15) is 67.9 Å².